The molecule has 0 saturated carbocycles. The van der Waals surface area contributed by atoms with Gasteiger partial charge in [-0.15, -0.1) is 0 Å². The summed E-state index contributed by atoms with van der Waals surface area (Å²) in [5.41, 5.74) is 2.51. The van der Waals surface area contributed by atoms with E-state index in [1.54, 1.807) is 12.1 Å². The first-order valence-corrected chi connectivity index (χ1v) is 3.92. The van der Waals surface area contributed by atoms with Gasteiger partial charge in [0, 0.05) is 12.5 Å². The molecule has 0 bridgehead atoms. The van der Waals surface area contributed by atoms with Crippen molar-refractivity contribution in [2.24, 2.45) is 5.10 Å². The average molecular weight is 194 g/mol. The van der Waals surface area contributed by atoms with Gasteiger partial charge in [0.25, 0.3) is 0 Å². The van der Waals surface area contributed by atoms with E-state index in [1.807, 2.05) is 0 Å². The van der Waals surface area contributed by atoms with Crippen LogP contribution >= 0.6 is 0 Å². The molecule has 0 aliphatic carbocycles. The number of aromatic hydroxyl groups is 2. The summed E-state index contributed by atoms with van der Waals surface area (Å²) in [6.45, 7) is 1.32. The Bertz CT molecular complexity index is 374. The number of phenols is 2. The van der Waals surface area contributed by atoms with Gasteiger partial charge < -0.3 is 10.2 Å². The van der Waals surface area contributed by atoms with E-state index < -0.39 is 0 Å². The van der Waals surface area contributed by atoms with Crippen LogP contribution < -0.4 is 5.43 Å². The fraction of sp³-hybridized carbons (Fsp3) is 0.111. The molecule has 5 heteroatoms. The third kappa shape index (κ3) is 2.48. The predicted molar refractivity (Wildman–Crippen MR) is 51.2 cm³/mol. The predicted octanol–water partition coefficient (Wildman–Crippen LogP) is 0.568. The van der Waals surface area contributed by atoms with Crippen molar-refractivity contribution >= 4 is 12.1 Å². The van der Waals surface area contributed by atoms with E-state index in [-0.39, 0.29) is 17.4 Å². The molecule has 1 aromatic carbocycles. The molecule has 14 heavy (non-hydrogen) atoms. The van der Waals surface area contributed by atoms with Crippen LogP contribution in [0.25, 0.3) is 0 Å². The summed E-state index contributed by atoms with van der Waals surface area (Å²) >= 11 is 0. The molecule has 1 rings (SSSR count). The molecule has 1 aromatic rings. The quantitative estimate of drug-likeness (QED) is 0.365. The normalized spacial score (nSPS) is 10.4. The zero-order valence-corrected chi connectivity index (χ0v) is 7.56. The van der Waals surface area contributed by atoms with E-state index in [9.17, 15) is 9.90 Å². The van der Waals surface area contributed by atoms with E-state index in [0.29, 0.717) is 5.56 Å². The van der Waals surface area contributed by atoms with Crippen LogP contribution in [0.1, 0.15) is 12.5 Å². The number of benzene rings is 1. The Labute approximate surface area is 80.7 Å². The molecule has 5 nitrogen and oxygen atoms in total. The van der Waals surface area contributed by atoms with Gasteiger partial charge >= 0.3 is 0 Å². The summed E-state index contributed by atoms with van der Waals surface area (Å²) in [6.07, 6.45) is 1.25. The van der Waals surface area contributed by atoms with Crippen molar-refractivity contribution < 1.29 is 15.0 Å². The van der Waals surface area contributed by atoms with Crippen LogP contribution in [0.3, 0.4) is 0 Å². The molecule has 0 spiro atoms. The number of phenolic OH excluding ortho intramolecular Hbond substituents is 2. The first kappa shape index (κ1) is 10.0. The number of nitrogens with one attached hydrogen (secondary N) is 1. The Morgan fingerprint density at radius 1 is 1.50 bits per heavy atom. The van der Waals surface area contributed by atoms with E-state index >= 15 is 0 Å². The van der Waals surface area contributed by atoms with Gasteiger partial charge in [-0.05, 0) is 12.1 Å². The van der Waals surface area contributed by atoms with Crippen molar-refractivity contribution in [3.63, 3.8) is 0 Å². The van der Waals surface area contributed by atoms with E-state index in [4.69, 9.17) is 5.11 Å². The number of hydrogen-bond donors (Lipinski definition) is 3. The van der Waals surface area contributed by atoms with Gasteiger partial charge in [0.1, 0.15) is 0 Å². The second kappa shape index (κ2) is 4.27. The van der Waals surface area contributed by atoms with E-state index in [1.165, 1.54) is 19.2 Å². The molecule has 0 aliphatic rings. The van der Waals surface area contributed by atoms with Gasteiger partial charge in [-0.25, -0.2) is 5.43 Å². The molecule has 0 unspecified atom stereocenters. The Hall–Kier alpha value is -2.04. The minimum Gasteiger partial charge on any atom is -0.504 e. The minimum atomic E-state index is -0.305. The number of carbonyl (C=O) groups excluding carboxylic acids is 1. The largest absolute Gasteiger partial charge is 0.504 e. The monoisotopic (exact) mass is 194 g/mol. The van der Waals surface area contributed by atoms with Crippen molar-refractivity contribution in [1.29, 1.82) is 0 Å². The van der Waals surface area contributed by atoms with Gasteiger partial charge in [-0.2, -0.15) is 5.10 Å². The molecule has 3 N–H and O–H groups in total. The SMILES string of the molecule is CC(=O)N/N=C/c1cccc(O)c1O. The Morgan fingerprint density at radius 2 is 2.21 bits per heavy atom. The highest BCUT2D eigenvalue weighted by molar-refractivity contribution is 5.85. The van der Waals surface area contributed by atoms with Crippen LogP contribution in [-0.2, 0) is 4.79 Å². The van der Waals surface area contributed by atoms with Gasteiger partial charge in [-0.3, -0.25) is 4.79 Å². The average Bonchev–Trinajstić information content (AvgIpc) is 2.12. The van der Waals surface area contributed by atoms with Crippen LogP contribution in [0, 0.1) is 0 Å². The topological polar surface area (TPSA) is 81.9 Å². The van der Waals surface area contributed by atoms with Crippen LogP contribution in [0.5, 0.6) is 11.5 Å². The smallest absolute Gasteiger partial charge is 0.236 e. The molecule has 0 fully saturated rings. The molecule has 74 valence electrons. The first-order chi connectivity index (χ1) is 6.61. The fourth-order valence-corrected chi connectivity index (χ4v) is 0.846. The van der Waals surface area contributed by atoms with Crippen LogP contribution in [0.15, 0.2) is 23.3 Å². The molecular weight excluding hydrogens is 184 g/mol. The summed E-state index contributed by atoms with van der Waals surface area (Å²) in [5.74, 6) is -0.792. The lowest BCUT2D eigenvalue weighted by Gasteiger charge is -1.99. The summed E-state index contributed by atoms with van der Waals surface area (Å²) in [4.78, 5) is 10.4. The number of rotatable bonds is 2. The lowest BCUT2D eigenvalue weighted by atomic mass is 10.2. The summed E-state index contributed by atoms with van der Waals surface area (Å²) in [7, 11) is 0. The Morgan fingerprint density at radius 3 is 2.86 bits per heavy atom. The third-order valence-electron chi connectivity index (χ3n) is 1.47. The zero-order valence-electron chi connectivity index (χ0n) is 7.56. The number of nitrogens with zero attached hydrogens (tertiary/aromatic N) is 1. The summed E-state index contributed by atoms with van der Waals surface area (Å²) in [5, 5.41) is 22.0. The van der Waals surface area contributed by atoms with E-state index in [0.717, 1.165) is 0 Å². The van der Waals surface area contributed by atoms with Gasteiger partial charge in [0.2, 0.25) is 5.91 Å². The molecule has 0 heterocycles. The van der Waals surface area contributed by atoms with Gasteiger partial charge in [-0.1, -0.05) is 6.07 Å². The van der Waals surface area contributed by atoms with Crippen molar-refractivity contribution in [1.82, 2.24) is 5.43 Å². The number of hydrogen-bond acceptors (Lipinski definition) is 4. The highest BCUT2D eigenvalue weighted by Gasteiger charge is 2.02. The standard InChI is InChI=1S/C9H10N2O3/c1-6(12)11-10-5-7-3-2-4-8(13)9(7)14/h2-5,13-14H,1H3,(H,11,12)/b10-5+. The zero-order chi connectivity index (χ0) is 10.6. The number of hydrazone groups is 1. The Kier molecular flexibility index (Phi) is 3.06. The van der Waals surface area contributed by atoms with Crippen LogP contribution in [-0.4, -0.2) is 22.3 Å². The second-order valence-electron chi connectivity index (χ2n) is 2.64. The molecule has 0 aromatic heterocycles. The van der Waals surface area contributed by atoms with Crippen LogP contribution in [0.4, 0.5) is 0 Å². The highest BCUT2D eigenvalue weighted by Crippen LogP contribution is 2.26. The molecule has 0 atom stereocenters. The minimum absolute atomic E-state index is 0.225. The van der Waals surface area contributed by atoms with Crippen molar-refractivity contribution in [3.8, 4) is 11.5 Å². The second-order valence-corrected chi connectivity index (χ2v) is 2.64. The van der Waals surface area contributed by atoms with E-state index in [2.05, 4.69) is 10.5 Å². The fourth-order valence-electron chi connectivity index (χ4n) is 0.846. The van der Waals surface area contributed by atoms with Gasteiger partial charge in [0.15, 0.2) is 11.5 Å². The molecule has 0 aliphatic heterocycles. The van der Waals surface area contributed by atoms with Crippen molar-refractivity contribution in [3.05, 3.63) is 23.8 Å². The highest BCUT2D eigenvalue weighted by atomic mass is 16.3. The molecule has 0 saturated heterocycles. The molecular formula is C9H10N2O3. The number of carbonyl (C=O) groups is 1. The maximum absolute atomic E-state index is 10.4. The maximum Gasteiger partial charge on any atom is 0.236 e. The lowest BCUT2D eigenvalue weighted by molar-refractivity contribution is -0.118. The summed E-state index contributed by atoms with van der Waals surface area (Å²) in [6, 6.07) is 4.47. The first-order valence-electron chi connectivity index (χ1n) is 3.92. The summed E-state index contributed by atoms with van der Waals surface area (Å²) < 4.78 is 0. The van der Waals surface area contributed by atoms with Crippen molar-refractivity contribution in [2.75, 3.05) is 0 Å². The molecule has 0 radical (unpaired) electrons. The Balaban J connectivity index is 2.81. The molecule has 1 amide bonds. The van der Waals surface area contributed by atoms with Crippen LogP contribution in [0.2, 0.25) is 0 Å². The van der Waals surface area contributed by atoms with Crippen molar-refractivity contribution in [2.45, 2.75) is 6.92 Å². The maximum atomic E-state index is 10.4. The third-order valence-corrected chi connectivity index (χ3v) is 1.47. The lowest BCUT2D eigenvalue weighted by Crippen LogP contribution is -2.12. The van der Waals surface area contributed by atoms with Gasteiger partial charge in [0.05, 0.1) is 6.21 Å². The number of para-hydroxylation sites is 1. The number of amides is 1.